The van der Waals surface area contributed by atoms with Crippen LogP contribution < -0.4 is 0 Å². The molecule has 0 aliphatic carbocycles. The van der Waals surface area contributed by atoms with Crippen LogP contribution in [-0.4, -0.2) is 65.1 Å². The molecule has 0 bridgehead atoms. The molecule has 4 heterocycles. The maximum absolute atomic E-state index is 13.5. The van der Waals surface area contributed by atoms with E-state index >= 15 is 0 Å². The van der Waals surface area contributed by atoms with Crippen LogP contribution in [0.4, 0.5) is 8.78 Å². The number of benzene rings is 1. The second kappa shape index (κ2) is 7.61. The lowest BCUT2D eigenvalue weighted by Crippen LogP contribution is -2.42. The van der Waals surface area contributed by atoms with Gasteiger partial charge in [0.1, 0.15) is 0 Å². The van der Waals surface area contributed by atoms with Crippen LogP contribution in [0.1, 0.15) is 47.3 Å². The molecular weight excluding hydrogens is 388 g/mol. The van der Waals surface area contributed by atoms with Gasteiger partial charge < -0.3 is 14.2 Å². The van der Waals surface area contributed by atoms with Crippen molar-refractivity contribution in [2.75, 3.05) is 32.8 Å². The summed E-state index contributed by atoms with van der Waals surface area (Å²) < 4.78 is 34.7. The number of hydrogen-bond donors (Lipinski definition) is 0. The zero-order valence-electron chi connectivity index (χ0n) is 17.5. The van der Waals surface area contributed by atoms with Crippen LogP contribution in [0.15, 0.2) is 18.2 Å². The molecule has 3 aliphatic rings. The zero-order chi connectivity index (χ0) is 20.9. The Labute approximate surface area is 175 Å². The molecule has 2 saturated heterocycles. The molecule has 0 unspecified atom stereocenters. The second-order valence-corrected chi connectivity index (χ2v) is 8.93. The summed E-state index contributed by atoms with van der Waals surface area (Å²) in [6, 6.07) is 6.40. The van der Waals surface area contributed by atoms with E-state index in [0.717, 1.165) is 56.5 Å². The fourth-order valence-electron chi connectivity index (χ4n) is 5.31. The number of piperidine rings is 1. The number of nitrogens with zero attached hydrogens (tertiary/aromatic N) is 3. The van der Waals surface area contributed by atoms with E-state index in [2.05, 4.69) is 16.5 Å². The number of likely N-dealkylation sites (tertiary alicyclic amines) is 1. The van der Waals surface area contributed by atoms with Gasteiger partial charge in [-0.25, -0.2) is 8.78 Å². The molecule has 0 saturated carbocycles. The van der Waals surface area contributed by atoms with Gasteiger partial charge >= 0.3 is 0 Å². The van der Waals surface area contributed by atoms with Gasteiger partial charge in [-0.1, -0.05) is 0 Å². The van der Waals surface area contributed by atoms with Crippen LogP contribution >= 0.6 is 0 Å². The van der Waals surface area contributed by atoms with Crippen LogP contribution in [-0.2, 0) is 24.8 Å². The Morgan fingerprint density at radius 3 is 2.60 bits per heavy atom. The minimum Gasteiger partial charge on any atom is -0.381 e. The molecule has 2 fully saturated rings. The third-order valence-electron chi connectivity index (χ3n) is 7.17. The number of amides is 1. The quantitative estimate of drug-likeness (QED) is 0.750. The fraction of sp³-hybridized carbons (Fsp3) is 0.609. The van der Waals surface area contributed by atoms with Gasteiger partial charge in [0.05, 0.1) is 0 Å². The van der Waals surface area contributed by atoms with Crippen molar-refractivity contribution in [2.45, 2.75) is 50.6 Å². The maximum Gasteiger partial charge on any atom is 0.253 e. The van der Waals surface area contributed by atoms with Gasteiger partial charge in [-0.15, -0.1) is 0 Å². The number of rotatable bonds is 2. The van der Waals surface area contributed by atoms with Gasteiger partial charge in [0.2, 0.25) is 0 Å². The number of aromatic nitrogens is 1. The minimum atomic E-state index is -2.65. The Balaban J connectivity index is 1.43. The molecule has 3 aliphatic heterocycles. The van der Waals surface area contributed by atoms with Crippen LogP contribution in [0.2, 0.25) is 0 Å². The van der Waals surface area contributed by atoms with E-state index in [1.165, 1.54) is 11.3 Å². The normalized spacial score (nSPS) is 23.0. The van der Waals surface area contributed by atoms with Crippen LogP contribution in [0.3, 0.4) is 0 Å². The molecule has 0 radical (unpaired) electrons. The van der Waals surface area contributed by atoms with E-state index in [0.29, 0.717) is 11.6 Å². The number of halogens is 2. The van der Waals surface area contributed by atoms with Crippen molar-refractivity contribution in [1.29, 1.82) is 0 Å². The third-order valence-corrected chi connectivity index (χ3v) is 7.17. The molecule has 5 nitrogen and oxygen atoms in total. The van der Waals surface area contributed by atoms with Gasteiger partial charge in [0.15, 0.2) is 0 Å². The number of carbonyl (C=O) groups is 1. The van der Waals surface area contributed by atoms with E-state index in [1.807, 2.05) is 18.2 Å². The Morgan fingerprint density at radius 1 is 1.13 bits per heavy atom. The highest BCUT2D eigenvalue weighted by Gasteiger charge is 2.36. The average molecular weight is 418 g/mol. The Morgan fingerprint density at radius 2 is 1.87 bits per heavy atom. The number of aryl methyl sites for hydroxylation is 1. The van der Waals surface area contributed by atoms with E-state index in [9.17, 15) is 13.6 Å². The number of alkyl halides is 2. The summed E-state index contributed by atoms with van der Waals surface area (Å²) in [5.74, 6) is -2.78. The molecule has 0 atom stereocenters. The van der Waals surface area contributed by atoms with Gasteiger partial charge in [-0.3, -0.25) is 9.69 Å². The minimum absolute atomic E-state index is 0.119. The summed E-state index contributed by atoms with van der Waals surface area (Å²) in [7, 11) is 2.10. The smallest absolute Gasteiger partial charge is 0.253 e. The molecule has 0 N–H and O–H groups in total. The Kier molecular flexibility index (Phi) is 5.06. The zero-order valence-corrected chi connectivity index (χ0v) is 17.5. The standard InChI is InChI=1S/C23H29F2N3O2/c1-26-20-3-2-16(22(29)27-10-7-23(24,25)8-11-27)14-18(20)19-15-28(9-4-21(19)26)17-5-12-30-13-6-17/h2-3,14,17H,4-13,15H2,1H3. The van der Waals surface area contributed by atoms with Crippen molar-refractivity contribution in [1.82, 2.24) is 14.4 Å². The Bertz CT molecular complexity index is 955. The summed E-state index contributed by atoms with van der Waals surface area (Å²) in [5, 5.41) is 1.12. The molecule has 7 heteroatoms. The molecule has 30 heavy (non-hydrogen) atoms. The van der Waals surface area contributed by atoms with Crippen molar-refractivity contribution >= 4 is 16.8 Å². The first-order valence-corrected chi connectivity index (χ1v) is 11.0. The summed E-state index contributed by atoms with van der Waals surface area (Å²) in [6.45, 7) is 3.84. The maximum atomic E-state index is 13.5. The molecule has 2 aromatic rings. The fourth-order valence-corrected chi connectivity index (χ4v) is 5.31. The highest BCUT2D eigenvalue weighted by molar-refractivity contribution is 5.99. The molecule has 1 aromatic carbocycles. The molecule has 5 rings (SSSR count). The van der Waals surface area contributed by atoms with Crippen molar-refractivity contribution in [3.63, 3.8) is 0 Å². The highest BCUT2D eigenvalue weighted by atomic mass is 19.3. The summed E-state index contributed by atoms with van der Waals surface area (Å²) in [4.78, 5) is 17.1. The van der Waals surface area contributed by atoms with Crippen LogP contribution in [0.5, 0.6) is 0 Å². The number of carbonyl (C=O) groups excluding carboxylic acids is 1. The van der Waals surface area contributed by atoms with Gasteiger partial charge in [0.25, 0.3) is 11.8 Å². The lowest BCUT2D eigenvalue weighted by molar-refractivity contribution is -0.0494. The molecular formula is C23H29F2N3O2. The summed E-state index contributed by atoms with van der Waals surface area (Å²) in [5.41, 5.74) is 4.39. The number of hydrogen-bond acceptors (Lipinski definition) is 3. The van der Waals surface area contributed by atoms with Crippen LogP contribution in [0.25, 0.3) is 10.9 Å². The first-order valence-electron chi connectivity index (χ1n) is 11.0. The largest absolute Gasteiger partial charge is 0.381 e. The van der Waals surface area contributed by atoms with Crippen molar-refractivity contribution < 1.29 is 18.3 Å². The van der Waals surface area contributed by atoms with E-state index in [-0.39, 0.29) is 31.8 Å². The van der Waals surface area contributed by atoms with E-state index < -0.39 is 5.92 Å². The van der Waals surface area contributed by atoms with Gasteiger partial charge in [0, 0.05) is 93.9 Å². The Hall–Kier alpha value is -1.99. The molecule has 0 spiro atoms. The van der Waals surface area contributed by atoms with Crippen molar-refractivity contribution in [2.24, 2.45) is 7.05 Å². The number of fused-ring (bicyclic) bond motifs is 3. The topological polar surface area (TPSA) is 37.7 Å². The first-order chi connectivity index (χ1) is 14.4. The molecule has 1 amide bonds. The van der Waals surface area contributed by atoms with E-state index in [4.69, 9.17) is 4.74 Å². The highest BCUT2D eigenvalue weighted by Crippen LogP contribution is 2.34. The number of ether oxygens (including phenoxy) is 1. The average Bonchev–Trinajstić information content (AvgIpc) is 3.05. The van der Waals surface area contributed by atoms with Crippen LogP contribution in [0, 0.1) is 0 Å². The second-order valence-electron chi connectivity index (χ2n) is 8.93. The summed E-state index contributed by atoms with van der Waals surface area (Å²) in [6.07, 6.45) is 2.65. The van der Waals surface area contributed by atoms with Crippen molar-refractivity contribution in [3.05, 3.63) is 35.0 Å². The summed E-state index contributed by atoms with van der Waals surface area (Å²) >= 11 is 0. The lowest BCUT2D eigenvalue weighted by atomic mass is 9.98. The molecule has 1 aromatic heterocycles. The SMILES string of the molecule is Cn1c2c(c3cc(C(=O)N4CCC(F)(F)CC4)ccc31)CN(C1CCOCC1)CC2. The van der Waals surface area contributed by atoms with Crippen molar-refractivity contribution in [3.8, 4) is 0 Å². The predicted octanol–water partition coefficient (Wildman–Crippen LogP) is 3.59. The van der Waals surface area contributed by atoms with E-state index in [1.54, 1.807) is 4.90 Å². The third kappa shape index (κ3) is 3.52. The monoisotopic (exact) mass is 417 g/mol. The van der Waals surface area contributed by atoms with Gasteiger partial charge in [-0.05, 0) is 36.6 Å². The first kappa shape index (κ1) is 19.9. The predicted molar refractivity (Wildman–Crippen MR) is 111 cm³/mol. The molecule has 162 valence electrons. The van der Waals surface area contributed by atoms with Gasteiger partial charge in [-0.2, -0.15) is 0 Å². The lowest BCUT2D eigenvalue weighted by Gasteiger charge is -2.37.